The summed E-state index contributed by atoms with van der Waals surface area (Å²) in [5.74, 6) is 1.38. The molecule has 0 aliphatic heterocycles. The van der Waals surface area contributed by atoms with Gasteiger partial charge in [-0.3, -0.25) is 0 Å². The summed E-state index contributed by atoms with van der Waals surface area (Å²) in [7, 11) is 1.67. The van der Waals surface area contributed by atoms with Crippen molar-refractivity contribution in [3.63, 3.8) is 0 Å². The van der Waals surface area contributed by atoms with Crippen LogP contribution in [0.5, 0.6) is 5.75 Å². The summed E-state index contributed by atoms with van der Waals surface area (Å²) < 4.78 is 7.43. The number of nitrogens with zero attached hydrogens (tertiary/aromatic N) is 3. The van der Waals surface area contributed by atoms with Gasteiger partial charge >= 0.3 is 0 Å². The minimum Gasteiger partial charge on any atom is -0.496 e. The van der Waals surface area contributed by atoms with E-state index in [0.29, 0.717) is 5.95 Å². The third-order valence-corrected chi connectivity index (χ3v) is 4.13. The first-order valence-electron chi connectivity index (χ1n) is 8.06. The third kappa shape index (κ3) is 2.92. The van der Waals surface area contributed by atoms with Crippen molar-refractivity contribution in [1.29, 1.82) is 0 Å². The minimum atomic E-state index is 0.550. The number of para-hydroxylation sites is 1. The molecule has 5 heteroatoms. The van der Waals surface area contributed by atoms with Gasteiger partial charge < -0.3 is 14.6 Å². The van der Waals surface area contributed by atoms with Crippen molar-refractivity contribution in [2.75, 3.05) is 12.4 Å². The number of hydrogen-bond donors (Lipinski definition) is 1. The van der Waals surface area contributed by atoms with Gasteiger partial charge in [-0.05, 0) is 36.8 Å². The molecule has 2 aromatic heterocycles. The Balaban J connectivity index is 1.72. The maximum Gasteiger partial charge on any atom is 0.229 e. The number of anilines is 2. The Morgan fingerprint density at radius 1 is 1.04 bits per heavy atom. The molecule has 25 heavy (non-hydrogen) atoms. The number of methoxy groups -OCH3 is 1. The van der Waals surface area contributed by atoms with E-state index in [9.17, 15) is 0 Å². The van der Waals surface area contributed by atoms with Crippen LogP contribution in [0.4, 0.5) is 11.6 Å². The van der Waals surface area contributed by atoms with E-state index >= 15 is 0 Å². The SMILES string of the molecule is COc1cc(Nc2ncc3ccn(-c4ccccc4)c3n2)ccc1C. The number of fused-ring (bicyclic) bond motifs is 1. The van der Waals surface area contributed by atoms with Crippen LogP contribution in [0.3, 0.4) is 0 Å². The number of nitrogens with one attached hydrogen (secondary N) is 1. The van der Waals surface area contributed by atoms with Crippen molar-refractivity contribution in [1.82, 2.24) is 14.5 Å². The number of benzene rings is 2. The average Bonchev–Trinajstić information content (AvgIpc) is 3.07. The smallest absolute Gasteiger partial charge is 0.229 e. The van der Waals surface area contributed by atoms with Crippen molar-refractivity contribution < 1.29 is 4.74 Å². The van der Waals surface area contributed by atoms with Crippen LogP contribution < -0.4 is 10.1 Å². The number of aromatic nitrogens is 3. The Bertz CT molecular complexity index is 1020. The fourth-order valence-electron chi connectivity index (χ4n) is 2.80. The molecule has 1 N–H and O–H groups in total. The first kappa shape index (κ1) is 15.2. The van der Waals surface area contributed by atoms with Crippen LogP contribution in [0.1, 0.15) is 5.56 Å². The van der Waals surface area contributed by atoms with E-state index in [2.05, 4.69) is 32.0 Å². The second-order valence-corrected chi connectivity index (χ2v) is 5.80. The van der Waals surface area contributed by atoms with Crippen LogP contribution in [0.2, 0.25) is 0 Å². The highest BCUT2D eigenvalue weighted by Gasteiger charge is 2.08. The molecule has 4 rings (SSSR count). The number of ether oxygens (including phenoxy) is 1. The molecule has 2 heterocycles. The average molecular weight is 330 g/mol. The van der Waals surface area contributed by atoms with Gasteiger partial charge in [0.25, 0.3) is 0 Å². The molecule has 0 aliphatic rings. The molecule has 0 fully saturated rings. The van der Waals surface area contributed by atoms with Crippen molar-refractivity contribution >= 4 is 22.7 Å². The molecule has 4 aromatic rings. The van der Waals surface area contributed by atoms with Crippen molar-refractivity contribution in [2.24, 2.45) is 0 Å². The first-order chi connectivity index (χ1) is 12.2. The topological polar surface area (TPSA) is 52.0 Å². The molecule has 0 radical (unpaired) electrons. The van der Waals surface area contributed by atoms with E-state index < -0.39 is 0 Å². The second kappa shape index (κ2) is 6.28. The summed E-state index contributed by atoms with van der Waals surface area (Å²) in [6, 6.07) is 18.1. The molecule has 0 saturated heterocycles. The molecule has 2 aromatic carbocycles. The Morgan fingerprint density at radius 2 is 1.88 bits per heavy atom. The van der Waals surface area contributed by atoms with Crippen LogP contribution in [-0.4, -0.2) is 21.6 Å². The van der Waals surface area contributed by atoms with Gasteiger partial charge in [0.05, 0.1) is 7.11 Å². The van der Waals surface area contributed by atoms with Crippen LogP contribution in [-0.2, 0) is 0 Å². The Morgan fingerprint density at radius 3 is 2.68 bits per heavy atom. The minimum absolute atomic E-state index is 0.550. The summed E-state index contributed by atoms with van der Waals surface area (Å²) in [5.41, 5.74) is 3.91. The lowest BCUT2D eigenvalue weighted by Gasteiger charge is -2.10. The Kier molecular flexibility index (Phi) is 3.82. The molecule has 0 atom stereocenters. The van der Waals surface area contributed by atoms with Gasteiger partial charge in [-0.1, -0.05) is 24.3 Å². The van der Waals surface area contributed by atoms with E-state index in [0.717, 1.165) is 33.7 Å². The number of rotatable bonds is 4. The van der Waals surface area contributed by atoms with E-state index in [1.165, 1.54) is 0 Å². The molecule has 0 saturated carbocycles. The van der Waals surface area contributed by atoms with Crippen molar-refractivity contribution in [3.8, 4) is 11.4 Å². The van der Waals surface area contributed by atoms with E-state index in [1.807, 2.05) is 61.8 Å². The maximum absolute atomic E-state index is 5.37. The molecule has 0 spiro atoms. The Hall–Kier alpha value is -3.34. The van der Waals surface area contributed by atoms with Crippen molar-refractivity contribution in [2.45, 2.75) is 6.92 Å². The highest BCUT2D eigenvalue weighted by atomic mass is 16.5. The standard InChI is InChI=1S/C20H18N4O/c1-14-8-9-16(12-18(14)25-2)22-20-21-13-15-10-11-24(19(15)23-20)17-6-4-3-5-7-17/h3-13H,1-2H3,(H,21,22,23). The van der Waals surface area contributed by atoms with Gasteiger partial charge in [-0.2, -0.15) is 4.98 Å². The summed E-state index contributed by atoms with van der Waals surface area (Å²) in [6.45, 7) is 2.01. The molecule has 124 valence electrons. The predicted molar refractivity (Wildman–Crippen MR) is 99.9 cm³/mol. The zero-order valence-electron chi connectivity index (χ0n) is 14.1. The van der Waals surface area contributed by atoms with Crippen LogP contribution in [0, 0.1) is 6.92 Å². The molecule has 0 bridgehead atoms. The predicted octanol–water partition coefficient (Wildman–Crippen LogP) is 4.48. The highest BCUT2D eigenvalue weighted by molar-refractivity contribution is 5.78. The zero-order chi connectivity index (χ0) is 17.2. The quantitative estimate of drug-likeness (QED) is 0.599. The monoisotopic (exact) mass is 330 g/mol. The molecular weight excluding hydrogens is 312 g/mol. The van der Waals surface area contributed by atoms with E-state index in [-0.39, 0.29) is 0 Å². The Labute approximate surface area is 145 Å². The normalized spacial score (nSPS) is 10.8. The number of aryl methyl sites for hydroxylation is 1. The van der Waals surface area contributed by atoms with Crippen LogP contribution >= 0.6 is 0 Å². The van der Waals surface area contributed by atoms with Gasteiger partial charge in [0.15, 0.2) is 0 Å². The molecule has 0 unspecified atom stereocenters. The second-order valence-electron chi connectivity index (χ2n) is 5.80. The molecular formula is C20H18N4O. The molecule has 0 amide bonds. The summed E-state index contributed by atoms with van der Waals surface area (Å²) in [5, 5.41) is 4.25. The summed E-state index contributed by atoms with van der Waals surface area (Å²) in [6.07, 6.45) is 3.84. The van der Waals surface area contributed by atoms with E-state index in [4.69, 9.17) is 4.74 Å². The lowest BCUT2D eigenvalue weighted by Crippen LogP contribution is -2.00. The lowest BCUT2D eigenvalue weighted by molar-refractivity contribution is 0.412. The summed E-state index contributed by atoms with van der Waals surface area (Å²) in [4.78, 5) is 9.10. The van der Waals surface area contributed by atoms with Gasteiger partial charge in [-0.15, -0.1) is 0 Å². The zero-order valence-corrected chi connectivity index (χ0v) is 14.1. The first-order valence-corrected chi connectivity index (χ1v) is 8.06. The fourth-order valence-corrected chi connectivity index (χ4v) is 2.80. The maximum atomic E-state index is 5.37. The number of hydrogen-bond acceptors (Lipinski definition) is 4. The van der Waals surface area contributed by atoms with Gasteiger partial charge in [0, 0.05) is 35.2 Å². The fraction of sp³-hybridized carbons (Fsp3) is 0.100. The third-order valence-electron chi connectivity index (χ3n) is 4.13. The van der Waals surface area contributed by atoms with Crippen molar-refractivity contribution in [3.05, 3.63) is 72.6 Å². The summed E-state index contributed by atoms with van der Waals surface area (Å²) >= 11 is 0. The van der Waals surface area contributed by atoms with Crippen LogP contribution in [0.15, 0.2) is 67.0 Å². The molecule has 0 aliphatic carbocycles. The van der Waals surface area contributed by atoms with Gasteiger partial charge in [0.2, 0.25) is 5.95 Å². The lowest BCUT2D eigenvalue weighted by atomic mass is 10.2. The van der Waals surface area contributed by atoms with Gasteiger partial charge in [0.1, 0.15) is 11.4 Å². The highest BCUT2D eigenvalue weighted by Crippen LogP contribution is 2.25. The van der Waals surface area contributed by atoms with Crippen LogP contribution in [0.25, 0.3) is 16.7 Å². The molecule has 5 nitrogen and oxygen atoms in total. The largest absolute Gasteiger partial charge is 0.496 e. The van der Waals surface area contributed by atoms with Gasteiger partial charge in [-0.25, -0.2) is 4.98 Å². The van der Waals surface area contributed by atoms with E-state index in [1.54, 1.807) is 7.11 Å².